The van der Waals surface area contributed by atoms with E-state index in [1.807, 2.05) is 11.8 Å². The van der Waals surface area contributed by atoms with E-state index in [1.165, 1.54) is 6.42 Å². The highest BCUT2D eigenvalue weighted by Crippen LogP contribution is 2.11. The zero-order chi connectivity index (χ0) is 16.0. The highest BCUT2D eigenvalue weighted by atomic mass is 16.5. The predicted octanol–water partition coefficient (Wildman–Crippen LogP) is 1.37. The van der Waals surface area contributed by atoms with Gasteiger partial charge in [-0.05, 0) is 33.1 Å². The van der Waals surface area contributed by atoms with E-state index in [0.29, 0.717) is 18.9 Å². The van der Waals surface area contributed by atoms with Crippen LogP contribution in [0.15, 0.2) is 4.99 Å². The molecule has 0 unspecified atom stereocenters. The molecule has 0 aromatic heterocycles. The largest absolute Gasteiger partial charge is 0.380 e. The lowest BCUT2D eigenvalue weighted by Gasteiger charge is -2.20. The second kappa shape index (κ2) is 12.3. The Bertz CT molecular complexity index is 334. The minimum Gasteiger partial charge on any atom is -0.380 e. The molecule has 22 heavy (non-hydrogen) atoms. The molecular formula is C16H32N4O2. The molecule has 1 aliphatic heterocycles. The van der Waals surface area contributed by atoms with Crippen molar-refractivity contribution in [2.75, 3.05) is 45.9 Å². The van der Waals surface area contributed by atoms with Gasteiger partial charge < -0.3 is 20.3 Å². The fraction of sp³-hybridized carbons (Fsp3) is 0.875. The maximum absolute atomic E-state index is 11.9. The number of ether oxygens (including phenoxy) is 1. The van der Waals surface area contributed by atoms with Crippen LogP contribution >= 0.6 is 0 Å². The molecule has 0 radical (unpaired) electrons. The quantitative estimate of drug-likeness (QED) is 0.383. The first-order valence-corrected chi connectivity index (χ1v) is 8.65. The number of rotatable bonds is 9. The predicted molar refractivity (Wildman–Crippen MR) is 90.1 cm³/mol. The van der Waals surface area contributed by atoms with Crippen LogP contribution in [-0.2, 0) is 9.53 Å². The van der Waals surface area contributed by atoms with Gasteiger partial charge in [0.25, 0.3) is 0 Å². The third kappa shape index (κ3) is 8.22. The van der Waals surface area contributed by atoms with Crippen molar-refractivity contribution in [2.24, 2.45) is 4.99 Å². The van der Waals surface area contributed by atoms with E-state index in [1.54, 1.807) is 0 Å². The molecule has 1 saturated heterocycles. The summed E-state index contributed by atoms with van der Waals surface area (Å²) in [5.74, 6) is 1.13. The Labute approximate surface area is 134 Å². The molecule has 0 atom stereocenters. The standard InChI is InChI=1S/C16H32N4O2/c1-3-17-16(19-11-14-22-4-2)18-10-8-13-20-12-7-5-6-9-15(20)21/h3-14H2,1-2H3,(H2,17,18,19). The van der Waals surface area contributed by atoms with Crippen LogP contribution in [0.2, 0.25) is 0 Å². The summed E-state index contributed by atoms with van der Waals surface area (Å²) >= 11 is 0. The summed E-state index contributed by atoms with van der Waals surface area (Å²) in [7, 11) is 0. The molecule has 1 fully saturated rings. The maximum atomic E-state index is 11.9. The number of likely N-dealkylation sites (tertiary alicyclic amines) is 1. The first-order chi connectivity index (χ1) is 10.8. The highest BCUT2D eigenvalue weighted by molar-refractivity contribution is 5.79. The molecule has 1 amide bonds. The summed E-state index contributed by atoms with van der Waals surface area (Å²) in [6.45, 7) is 9.51. The number of hydrogen-bond acceptors (Lipinski definition) is 3. The first-order valence-electron chi connectivity index (χ1n) is 8.65. The molecule has 1 heterocycles. The smallest absolute Gasteiger partial charge is 0.222 e. The van der Waals surface area contributed by atoms with Crippen molar-refractivity contribution in [1.82, 2.24) is 15.5 Å². The average Bonchev–Trinajstić information content (AvgIpc) is 2.72. The average molecular weight is 312 g/mol. The van der Waals surface area contributed by atoms with Crippen LogP contribution in [0.5, 0.6) is 0 Å². The van der Waals surface area contributed by atoms with Gasteiger partial charge in [-0.1, -0.05) is 6.42 Å². The van der Waals surface area contributed by atoms with Gasteiger partial charge in [0, 0.05) is 45.8 Å². The summed E-state index contributed by atoms with van der Waals surface area (Å²) in [5.41, 5.74) is 0. The summed E-state index contributed by atoms with van der Waals surface area (Å²) in [4.78, 5) is 18.4. The number of nitrogens with one attached hydrogen (secondary N) is 2. The van der Waals surface area contributed by atoms with Gasteiger partial charge in [-0.2, -0.15) is 0 Å². The molecule has 0 saturated carbocycles. The lowest BCUT2D eigenvalue weighted by Crippen LogP contribution is -2.39. The van der Waals surface area contributed by atoms with E-state index in [0.717, 1.165) is 64.6 Å². The number of carbonyl (C=O) groups is 1. The maximum Gasteiger partial charge on any atom is 0.222 e. The Kier molecular flexibility index (Phi) is 10.5. The first kappa shape index (κ1) is 18.7. The number of carbonyl (C=O) groups excluding carboxylic acids is 1. The van der Waals surface area contributed by atoms with Gasteiger partial charge in [-0.15, -0.1) is 0 Å². The third-order valence-electron chi connectivity index (χ3n) is 3.61. The monoisotopic (exact) mass is 312 g/mol. The van der Waals surface area contributed by atoms with Crippen molar-refractivity contribution in [3.05, 3.63) is 0 Å². The molecule has 0 spiro atoms. The van der Waals surface area contributed by atoms with E-state index >= 15 is 0 Å². The Morgan fingerprint density at radius 3 is 2.91 bits per heavy atom. The minimum absolute atomic E-state index is 0.309. The van der Waals surface area contributed by atoms with Crippen molar-refractivity contribution in [2.45, 2.75) is 46.0 Å². The molecular weight excluding hydrogens is 280 g/mol. The van der Waals surface area contributed by atoms with E-state index in [2.05, 4.69) is 22.5 Å². The zero-order valence-corrected chi connectivity index (χ0v) is 14.2. The van der Waals surface area contributed by atoms with Crippen molar-refractivity contribution in [3.63, 3.8) is 0 Å². The fourth-order valence-corrected chi connectivity index (χ4v) is 2.46. The summed E-state index contributed by atoms with van der Waals surface area (Å²) < 4.78 is 5.30. The lowest BCUT2D eigenvalue weighted by atomic mass is 10.2. The molecule has 6 heteroatoms. The summed E-state index contributed by atoms with van der Waals surface area (Å²) in [5, 5.41) is 6.47. The van der Waals surface area contributed by atoms with Crippen molar-refractivity contribution in [1.29, 1.82) is 0 Å². The van der Waals surface area contributed by atoms with Crippen LogP contribution in [0.4, 0.5) is 0 Å². The number of aliphatic imine (C=N–C) groups is 1. The highest BCUT2D eigenvalue weighted by Gasteiger charge is 2.15. The van der Waals surface area contributed by atoms with E-state index in [9.17, 15) is 4.79 Å². The van der Waals surface area contributed by atoms with Crippen molar-refractivity contribution >= 4 is 11.9 Å². The molecule has 0 aromatic carbocycles. The topological polar surface area (TPSA) is 66.0 Å². The van der Waals surface area contributed by atoms with E-state index in [-0.39, 0.29) is 0 Å². The lowest BCUT2D eigenvalue weighted by molar-refractivity contribution is -0.130. The second-order valence-electron chi connectivity index (χ2n) is 5.43. The molecule has 2 N–H and O–H groups in total. The van der Waals surface area contributed by atoms with Gasteiger partial charge in [-0.25, -0.2) is 0 Å². The van der Waals surface area contributed by atoms with Gasteiger partial charge in [0.2, 0.25) is 5.91 Å². The Hall–Kier alpha value is -1.30. The molecule has 6 nitrogen and oxygen atoms in total. The molecule has 1 aliphatic rings. The van der Waals surface area contributed by atoms with Gasteiger partial charge in [0.1, 0.15) is 0 Å². The minimum atomic E-state index is 0.309. The normalized spacial score (nSPS) is 16.5. The fourth-order valence-electron chi connectivity index (χ4n) is 2.46. The van der Waals surface area contributed by atoms with Crippen LogP contribution in [0, 0.1) is 0 Å². The van der Waals surface area contributed by atoms with Gasteiger partial charge in [0.05, 0.1) is 6.61 Å². The molecule has 1 rings (SSSR count). The number of nitrogens with zero attached hydrogens (tertiary/aromatic N) is 2. The van der Waals surface area contributed by atoms with Crippen LogP contribution < -0.4 is 10.6 Å². The number of guanidine groups is 1. The summed E-state index contributed by atoms with van der Waals surface area (Å²) in [6.07, 6.45) is 4.98. The number of hydrogen-bond donors (Lipinski definition) is 2. The number of amides is 1. The van der Waals surface area contributed by atoms with Gasteiger partial charge in [0.15, 0.2) is 5.96 Å². The van der Waals surface area contributed by atoms with Crippen LogP contribution in [0.25, 0.3) is 0 Å². The van der Waals surface area contributed by atoms with Gasteiger partial charge >= 0.3 is 0 Å². The Morgan fingerprint density at radius 2 is 2.14 bits per heavy atom. The van der Waals surface area contributed by atoms with Crippen LogP contribution in [0.3, 0.4) is 0 Å². The zero-order valence-electron chi connectivity index (χ0n) is 14.2. The second-order valence-corrected chi connectivity index (χ2v) is 5.43. The van der Waals surface area contributed by atoms with E-state index in [4.69, 9.17) is 4.74 Å². The van der Waals surface area contributed by atoms with Gasteiger partial charge in [-0.3, -0.25) is 9.79 Å². The molecule has 0 bridgehead atoms. The molecule has 0 aliphatic carbocycles. The molecule has 128 valence electrons. The SMILES string of the molecule is CCNC(=NCCCN1CCCCCC1=O)NCCOCC. The third-order valence-corrected chi connectivity index (χ3v) is 3.61. The van der Waals surface area contributed by atoms with Crippen LogP contribution in [-0.4, -0.2) is 62.7 Å². The van der Waals surface area contributed by atoms with E-state index < -0.39 is 0 Å². The van der Waals surface area contributed by atoms with Crippen molar-refractivity contribution in [3.8, 4) is 0 Å². The summed E-state index contributed by atoms with van der Waals surface area (Å²) in [6, 6.07) is 0. The van der Waals surface area contributed by atoms with Crippen LogP contribution in [0.1, 0.15) is 46.0 Å². The Morgan fingerprint density at radius 1 is 1.27 bits per heavy atom. The Balaban J connectivity index is 2.25. The molecule has 0 aromatic rings. The van der Waals surface area contributed by atoms with Crippen molar-refractivity contribution < 1.29 is 9.53 Å².